The molecule has 1 aromatic heterocycles. The van der Waals surface area contributed by atoms with Crippen LogP contribution >= 0.6 is 0 Å². The predicted octanol–water partition coefficient (Wildman–Crippen LogP) is 4.82. The lowest BCUT2D eigenvalue weighted by atomic mass is 10.2. The molecule has 1 saturated heterocycles. The molecule has 2 aromatic carbocycles. The van der Waals surface area contributed by atoms with E-state index in [0.717, 1.165) is 18.8 Å². The number of para-hydroxylation sites is 1. The lowest BCUT2D eigenvalue weighted by molar-refractivity contribution is 0.102. The van der Waals surface area contributed by atoms with Crippen molar-refractivity contribution >= 4 is 28.8 Å². The Morgan fingerprint density at radius 1 is 0.964 bits per heavy atom. The van der Waals surface area contributed by atoms with E-state index in [0.29, 0.717) is 17.1 Å². The minimum atomic E-state index is -0.358. The van der Waals surface area contributed by atoms with E-state index in [1.807, 2.05) is 24.3 Å². The topological polar surface area (TPSA) is 57.3 Å². The first-order chi connectivity index (χ1) is 13.7. The predicted molar refractivity (Wildman–Crippen MR) is 110 cm³/mol. The summed E-state index contributed by atoms with van der Waals surface area (Å²) >= 11 is 0. The minimum absolute atomic E-state index is 0.237. The maximum Gasteiger partial charge on any atom is 0.257 e. The normalized spacial score (nSPS) is 13.4. The van der Waals surface area contributed by atoms with Crippen molar-refractivity contribution in [3.63, 3.8) is 0 Å². The Hall–Kier alpha value is -3.41. The first-order valence-corrected chi connectivity index (χ1v) is 9.33. The fourth-order valence-corrected chi connectivity index (χ4v) is 3.24. The van der Waals surface area contributed by atoms with Crippen molar-refractivity contribution in [1.82, 2.24) is 4.98 Å². The molecule has 0 bridgehead atoms. The number of aromatic nitrogens is 1. The van der Waals surface area contributed by atoms with Gasteiger partial charge in [0, 0.05) is 30.7 Å². The molecule has 2 heterocycles. The summed E-state index contributed by atoms with van der Waals surface area (Å²) in [5, 5.41) is 5.77. The zero-order valence-corrected chi connectivity index (χ0v) is 15.4. The molecular weight excluding hydrogens is 355 g/mol. The second-order valence-corrected chi connectivity index (χ2v) is 6.73. The van der Waals surface area contributed by atoms with Crippen molar-refractivity contribution < 1.29 is 9.18 Å². The Balaban J connectivity index is 1.38. The summed E-state index contributed by atoms with van der Waals surface area (Å²) in [6.45, 7) is 2.18. The van der Waals surface area contributed by atoms with E-state index in [4.69, 9.17) is 0 Å². The molecule has 0 spiro atoms. The number of carbonyl (C=O) groups is 1. The number of benzene rings is 2. The zero-order chi connectivity index (χ0) is 19.3. The van der Waals surface area contributed by atoms with Gasteiger partial charge in [-0.1, -0.05) is 12.1 Å². The largest absolute Gasteiger partial charge is 0.372 e. The van der Waals surface area contributed by atoms with Gasteiger partial charge in [0.05, 0.1) is 11.3 Å². The van der Waals surface area contributed by atoms with Crippen molar-refractivity contribution in [2.75, 3.05) is 28.6 Å². The summed E-state index contributed by atoms with van der Waals surface area (Å²) in [5.74, 6) is -0.126. The van der Waals surface area contributed by atoms with Crippen LogP contribution in [0.5, 0.6) is 0 Å². The molecule has 1 amide bonds. The van der Waals surface area contributed by atoms with Gasteiger partial charge in [-0.05, 0) is 61.4 Å². The molecule has 5 nitrogen and oxygen atoms in total. The summed E-state index contributed by atoms with van der Waals surface area (Å²) in [4.78, 5) is 19.0. The van der Waals surface area contributed by atoms with Crippen LogP contribution in [0.25, 0.3) is 0 Å². The highest BCUT2D eigenvalue weighted by molar-refractivity contribution is 6.04. The SMILES string of the molecule is O=C(Nc1ccc(N2CCCC2)cc1)c1ccc(Nc2ccccc2F)nc1. The van der Waals surface area contributed by atoms with Gasteiger partial charge in [-0.15, -0.1) is 0 Å². The maximum absolute atomic E-state index is 13.7. The monoisotopic (exact) mass is 376 g/mol. The second kappa shape index (κ2) is 8.08. The number of amides is 1. The van der Waals surface area contributed by atoms with Crippen LogP contribution < -0.4 is 15.5 Å². The van der Waals surface area contributed by atoms with E-state index in [9.17, 15) is 9.18 Å². The van der Waals surface area contributed by atoms with Crippen LogP contribution in [0.15, 0.2) is 66.9 Å². The highest BCUT2D eigenvalue weighted by atomic mass is 19.1. The average Bonchev–Trinajstić information content (AvgIpc) is 3.26. The lowest BCUT2D eigenvalue weighted by Gasteiger charge is -2.17. The van der Waals surface area contributed by atoms with Crippen molar-refractivity contribution in [2.45, 2.75) is 12.8 Å². The smallest absolute Gasteiger partial charge is 0.257 e. The van der Waals surface area contributed by atoms with E-state index >= 15 is 0 Å². The van der Waals surface area contributed by atoms with Crippen LogP contribution in [-0.2, 0) is 0 Å². The van der Waals surface area contributed by atoms with Gasteiger partial charge in [0.25, 0.3) is 5.91 Å². The third-order valence-electron chi connectivity index (χ3n) is 4.76. The van der Waals surface area contributed by atoms with Gasteiger partial charge in [-0.2, -0.15) is 0 Å². The molecule has 6 heteroatoms. The number of hydrogen-bond acceptors (Lipinski definition) is 4. The van der Waals surface area contributed by atoms with Gasteiger partial charge in [0.2, 0.25) is 0 Å². The van der Waals surface area contributed by atoms with Gasteiger partial charge in [0.1, 0.15) is 11.6 Å². The fourth-order valence-electron chi connectivity index (χ4n) is 3.24. The number of anilines is 4. The Kier molecular flexibility index (Phi) is 5.19. The van der Waals surface area contributed by atoms with Crippen molar-refractivity contribution in [1.29, 1.82) is 0 Å². The van der Waals surface area contributed by atoms with Crippen LogP contribution in [0.3, 0.4) is 0 Å². The molecule has 1 fully saturated rings. The van der Waals surface area contributed by atoms with E-state index in [-0.39, 0.29) is 11.7 Å². The molecule has 142 valence electrons. The van der Waals surface area contributed by atoms with Crippen LogP contribution in [0.2, 0.25) is 0 Å². The fraction of sp³-hybridized carbons (Fsp3) is 0.182. The van der Waals surface area contributed by atoms with Crippen molar-refractivity contribution in [3.05, 3.63) is 78.2 Å². The lowest BCUT2D eigenvalue weighted by Crippen LogP contribution is -2.17. The highest BCUT2D eigenvalue weighted by Gasteiger charge is 2.12. The van der Waals surface area contributed by atoms with Crippen molar-refractivity contribution in [2.24, 2.45) is 0 Å². The van der Waals surface area contributed by atoms with Gasteiger partial charge in [0.15, 0.2) is 0 Å². The van der Waals surface area contributed by atoms with Crippen LogP contribution in [0, 0.1) is 5.82 Å². The molecule has 0 saturated carbocycles. The van der Waals surface area contributed by atoms with Gasteiger partial charge in [-0.3, -0.25) is 4.79 Å². The van der Waals surface area contributed by atoms with Gasteiger partial charge in [-0.25, -0.2) is 9.37 Å². The molecule has 0 radical (unpaired) electrons. The van der Waals surface area contributed by atoms with E-state index in [1.165, 1.54) is 30.8 Å². The first-order valence-electron chi connectivity index (χ1n) is 9.33. The van der Waals surface area contributed by atoms with E-state index < -0.39 is 0 Å². The molecule has 0 unspecified atom stereocenters. The summed E-state index contributed by atoms with van der Waals surface area (Å²) in [6.07, 6.45) is 3.93. The van der Waals surface area contributed by atoms with E-state index in [1.54, 1.807) is 30.3 Å². The Morgan fingerprint density at radius 2 is 1.71 bits per heavy atom. The number of halogens is 1. The summed E-state index contributed by atoms with van der Waals surface area (Å²) in [6, 6.07) is 17.5. The molecule has 0 atom stereocenters. The summed E-state index contributed by atoms with van der Waals surface area (Å²) in [5.41, 5.74) is 2.69. The molecule has 1 aliphatic rings. The van der Waals surface area contributed by atoms with Gasteiger partial charge >= 0.3 is 0 Å². The van der Waals surface area contributed by atoms with Gasteiger partial charge < -0.3 is 15.5 Å². The zero-order valence-electron chi connectivity index (χ0n) is 15.4. The van der Waals surface area contributed by atoms with Crippen LogP contribution in [-0.4, -0.2) is 24.0 Å². The number of nitrogens with zero attached hydrogens (tertiary/aromatic N) is 2. The Bertz CT molecular complexity index is 951. The van der Waals surface area contributed by atoms with Crippen LogP contribution in [0.1, 0.15) is 23.2 Å². The molecule has 2 N–H and O–H groups in total. The third kappa shape index (κ3) is 4.11. The second-order valence-electron chi connectivity index (χ2n) is 6.73. The van der Waals surface area contributed by atoms with Crippen molar-refractivity contribution in [3.8, 4) is 0 Å². The number of nitrogens with one attached hydrogen (secondary N) is 2. The maximum atomic E-state index is 13.7. The number of rotatable bonds is 5. The summed E-state index contributed by atoms with van der Waals surface area (Å²) in [7, 11) is 0. The molecular formula is C22H21FN4O. The first kappa shape index (κ1) is 18.0. The number of carbonyl (C=O) groups excluding carboxylic acids is 1. The number of hydrogen-bond donors (Lipinski definition) is 2. The molecule has 28 heavy (non-hydrogen) atoms. The standard InChI is InChI=1S/C22H21FN4O/c23-19-5-1-2-6-20(19)26-21-12-7-16(15-24-21)22(28)25-17-8-10-18(11-9-17)27-13-3-4-14-27/h1-2,5-12,15H,3-4,13-14H2,(H,24,26)(H,25,28). The molecule has 3 aromatic rings. The highest BCUT2D eigenvalue weighted by Crippen LogP contribution is 2.22. The molecule has 4 rings (SSSR count). The third-order valence-corrected chi connectivity index (χ3v) is 4.76. The Labute approximate surface area is 163 Å². The van der Waals surface area contributed by atoms with Crippen LogP contribution in [0.4, 0.5) is 27.3 Å². The number of pyridine rings is 1. The van der Waals surface area contributed by atoms with E-state index in [2.05, 4.69) is 20.5 Å². The summed E-state index contributed by atoms with van der Waals surface area (Å²) < 4.78 is 13.7. The average molecular weight is 376 g/mol. The quantitative estimate of drug-likeness (QED) is 0.670. The molecule has 1 aliphatic heterocycles. The Morgan fingerprint density at radius 3 is 2.39 bits per heavy atom. The minimum Gasteiger partial charge on any atom is -0.372 e. The molecule has 0 aliphatic carbocycles.